The summed E-state index contributed by atoms with van der Waals surface area (Å²) in [5.41, 5.74) is 0. The predicted octanol–water partition coefficient (Wildman–Crippen LogP) is 2.17. The van der Waals surface area contributed by atoms with Gasteiger partial charge < -0.3 is 17.8 Å². The molecule has 1 heterocycles. The highest BCUT2D eigenvalue weighted by atomic mass is 28.4. The van der Waals surface area contributed by atoms with E-state index in [1.807, 2.05) is 0 Å². The molecule has 1 fully saturated rings. The van der Waals surface area contributed by atoms with Crippen molar-refractivity contribution in [3.63, 3.8) is 0 Å². The maximum absolute atomic E-state index is 5.44. The summed E-state index contributed by atoms with van der Waals surface area (Å²) in [5.74, 6) is 0. The van der Waals surface area contributed by atoms with Gasteiger partial charge in [0.15, 0.2) is 0 Å². The van der Waals surface area contributed by atoms with Gasteiger partial charge in [0, 0.05) is 27.4 Å². The van der Waals surface area contributed by atoms with Crippen LogP contribution in [0.4, 0.5) is 0 Å². The molecule has 0 aromatic rings. The molecule has 17 heavy (non-hydrogen) atoms. The lowest BCUT2D eigenvalue weighted by molar-refractivity contribution is 0.122. The predicted molar refractivity (Wildman–Crippen MR) is 74.7 cm³/mol. The molecule has 1 aliphatic heterocycles. The number of hydrogen-bond donors (Lipinski definition) is 0. The summed E-state index contributed by atoms with van der Waals surface area (Å²) in [6, 6.07) is 2.35. The fourth-order valence-electron chi connectivity index (χ4n) is 2.62. The van der Waals surface area contributed by atoms with Crippen LogP contribution in [0.2, 0.25) is 25.2 Å². The van der Waals surface area contributed by atoms with Crippen LogP contribution >= 0.6 is 0 Å². The number of hydrogen-bond acceptors (Lipinski definition) is 4. The third kappa shape index (κ3) is 3.87. The van der Waals surface area contributed by atoms with Crippen molar-refractivity contribution in [2.24, 2.45) is 0 Å². The van der Waals surface area contributed by atoms with Crippen molar-refractivity contribution >= 4 is 17.0 Å². The van der Waals surface area contributed by atoms with Crippen LogP contribution in [0.15, 0.2) is 0 Å². The monoisotopic (exact) mass is 277 g/mol. The van der Waals surface area contributed by atoms with Crippen LogP contribution in [-0.4, -0.2) is 56.0 Å². The average Bonchev–Trinajstić information content (AvgIpc) is 2.65. The lowest BCUT2D eigenvalue weighted by Crippen LogP contribution is -2.46. The molecule has 0 aromatic heterocycles. The van der Waals surface area contributed by atoms with Gasteiger partial charge in [-0.15, -0.1) is 0 Å². The molecule has 0 aliphatic carbocycles. The molecule has 0 bridgehead atoms. The summed E-state index contributed by atoms with van der Waals surface area (Å²) in [6.45, 7) is 7.38. The van der Waals surface area contributed by atoms with Gasteiger partial charge in [-0.2, -0.15) is 0 Å². The van der Waals surface area contributed by atoms with Crippen LogP contribution in [0.5, 0.6) is 0 Å². The van der Waals surface area contributed by atoms with Gasteiger partial charge in [0.05, 0.1) is 0 Å². The summed E-state index contributed by atoms with van der Waals surface area (Å²) >= 11 is 0. The lowest BCUT2D eigenvalue weighted by Gasteiger charge is -2.31. The van der Waals surface area contributed by atoms with E-state index in [0.29, 0.717) is 0 Å². The second-order valence-corrected chi connectivity index (χ2v) is 13.2. The van der Waals surface area contributed by atoms with Gasteiger partial charge in [0.1, 0.15) is 8.24 Å². The zero-order valence-electron chi connectivity index (χ0n) is 11.9. The molecule has 1 saturated heterocycles. The van der Waals surface area contributed by atoms with E-state index in [1.165, 1.54) is 25.6 Å². The largest absolute Gasteiger partial charge is 0.500 e. The molecule has 1 aliphatic rings. The van der Waals surface area contributed by atoms with E-state index in [4.69, 9.17) is 13.3 Å². The quantitative estimate of drug-likeness (QED) is 0.667. The highest BCUT2D eigenvalue weighted by Gasteiger charge is 2.38. The van der Waals surface area contributed by atoms with E-state index >= 15 is 0 Å². The second kappa shape index (κ2) is 6.44. The Bertz CT molecular complexity index is 226. The van der Waals surface area contributed by atoms with Crippen LogP contribution in [0.1, 0.15) is 12.8 Å². The van der Waals surface area contributed by atoms with Crippen molar-refractivity contribution < 1.29 is 13.3 Å². The minimum atomic E-state index is -2.35. The minimum Gasteiger partial charge on any atom is -0.377 e. The number of rotatable bonds is 7. The highest BCUT2D eigenvalue weighted by Crippen LogP contribution is 2.26. The minimum absolute atomic E-state index is 0.914. The van der Waals surface area contributed by atoms with Gasteiger partial charge in [0.2, 0.25) is 0 Å². The Hall–Kier alpha value is 0.274. The van der Waals surface area contributed by atoms with Crippen molar-refractivity contribution in [1.82, 2.24) is 4.57 Å². The Morgan fingerprint density at radius 1 is 1.12 bits per heavy atom. The summed E-state index contributed by atoms with van der Waals surface area (Å²) < 4.78 is 19.0. The third-order valence-electron chi connectivity index (χ3n) is 3.92. The van der Waals surface area contributed by atoms with Crippen LogP contribution < -0.4 is 0 Å². The Balaban J connectivity index is 2.36. The molecule has 102 valence electrons. The van der Waals surface area contributed by atoms with E-state index in [1.54, 1.807) is 21.3 Å². The molecule has 0 amide bonds. The summed E-state index contributed by atoms with van der Waals surface area (Å²) in [7, 11) is 1.65. The molecule has 0 spiro atoms. The maximum atomic E-state index is 5.44. The molecule has 1 rings (SSSR count). The standard InChI is InChI=1S/C11H27NO3Si2/c1-13-17(14-2,15-3)11-7-9-12-8-6-10-16(12,4)5/h6-11H2,1-5H3. The summed E-state index contributed by atoms with van der Waals surface area (Å²) in [4.78, 5) is 0. The molecule has 0 radical (unpaired) electrons. The molecule has 0 atom stereocenters. The fourth-order valence-corrected chi connectivity index (χ4v) is 7.19. The molecular formula is C11H27NO3Si2. The van der Waals surface area contributed by atoms with E-state index in [2.05, 4.69) is 17.7 Å². The lowest BCUT2D eigenvalue weighted by atomic mass is 10.4. The van der Waals surface area contributed by atoms with Crippen LogP contribution in [0.3, 0.4) is 0 Å². The van der Waals surface area contributed by atoms with Crippen molar-refractivity contribution in [2.45, 2.75) is 38.0 Å². The van der Waals surface area contributed by atoms with Gasteiger partial charge in [-0.1, -0.05) is 13.1 Å². The van der Waals surface area contributed by atoms with Gasteiger partial charge in [-0.25, -0.2) is 0 Å². The molecule has 4 nitrogen and oxygen atoms in total. The van der Waals surface area contributed by atoms with Crippen LogP contribution in [0, 0.1) is 0 Å². The van der Waals surface area contributed by atoms with Crippen molar-refractivity contribution in [2.75, 3.05) is 34.4 Å². The van der Waals surface area contributed by atoms with Gasteiger partial charge >= 0.3 is 8.80 Å². The Kier molecular flexibility index (Phi) is 5.81. The normalized spacial score (nSPS) is 21.0. The molecule has 0 unspecified atom stereocenters. The van der Waals surface area contributed by atoms with E-state index < -0.39 is 17.0 Å². The van der Waals surface area contributed by atoms with Gasteiger partial charge in [0.25, 0.3) is 0 Å². The van der Waals surface area contributed by atoms with E-state index in [9.17, 15) is 0 Å². The molecular weight excluding hydrogens is 250 g/mol. The third-order valence-corrected chi connectivity index (χ3v) is 10.5. The zero-order chi connectivity index (χ0) is 12.9. The first-order valence-corrected chi connectivity index (χ1v) is 11.5. The first-order chi connectivity index (χ1) is 7.99. The molecule has 0 aromatic carbocycles. The summed E-state index contributed by atoms with van der Waals surface area (Å²) in [5, 5.41) is 0. The maximum Gasteiger partial charge on any atom is 0.500 e. The average molecular weight is 278 g/mol. The Labute approximate surface area is 108 Å². The Morgan fingerprint density at radius 3 is 2.12 bits per heavy atom. The second-order valence-electron chi connectivity index (χ2n) is 5.30. The first-order valence-electron chi connectivity index (χ1n) is 6.40. The van der Waals surface area contributed by atoms with Crippen molar-refractivity contribution in [3.8, 4) is 0 Å². The van der Waals surface area contributed by atoms with Gasteiger partial charge in [-0.05, 0) is 32.0 Å². The van der Waals surface area contributed by atoms with Crippen LogP contribution in [0.25, 0.3) is 0 Å². The SMILES string of the molecule is CO[Si](CCCN1CCC[Si]1(C)C)(OC)OC. The number of nitrogens with zero attached hydrogens (tertiary/aromatic N) is 1. The van der Waals surface area contributed by atoms with Crippen molar-refractivity contribution in [1.29, 1.82) is 0 Å². The van der Waals surface area contributed by atoms with E-state index in [-0.39, 0.29) is 0 Å². The van der Waals surface area contributed by atoms with Gasteiger partial charge in [-0.3, -0.25) is 0 Å². The highest BCUT2D eigenvalue weighted by molar-refractivity contribution is 6.75. The fraction of sp³-hybridized carbons (Fsp3) is 1.00. The zero-order valence-corrected chi connectivity index (χ0v) is 13.9. The molecule has 6 heteroatoms. The molecule has 0 N–H and O–H groups in total. The molecule has 0 saturated carbocycles. The smallest absolute Gasteiger partial charge is 0.377 e. The topological polar surface area (TPSA) is 30.9 Å². The Morgan fingerprint density at radius 2 is 1.71 bits per heavy atom. The van der Waals surface area contributed by atoms with E-state index in [0.717, 1.165) is 12.5 Å². The first kappa shape index (κ1) is 15.3. The van der Waals surface area contributed by atoms with Crippen LogP contribution in [-0.2, 0) is 13.3 Å². The van der Waals surface area contributed by atoms with Crippen molar-refractivity contribution in [3.05, 3.63) is 0 Å². The summed E-state index contributed by atoms with van der Waals surface area (Å²) in [6.07, 6.45) is 2.48.